The van der Waals surface area contributed by atoms with E-state index in [0.29, 0.717) is 25.4 Å². The second kappa shape index (κ2) is 6.17. The van der Waals surface area contributed by atoms with E-state index in [2.05, 4.69) is 16.0 Å². The Morgan fingerprint density at radius 2 is 2.18 bits per heavy atom. The molecule has 1 heterocycles. The van der Waals surface area contributed by atoms with Gasteiger partial charge in [0.15, 0.2) is 0 Å². The van der Waals surface area contributed by atoms with Crippen LogP contribution in [0.25, 0.3) is 0 Å². The molecule has 1 unspecified atom stereocenters. The second-order valence-corrected chi connectivity index (χ2v) is 5.01. The lowest BCUT2D eigenvalue weighted by Gasteiger charge is -2.21. The molecule has 2 rings (SSSR count). The highest BCUT2D eigenvalue weighted by Gasteiger charge is 2.16. The molecule has 1 aliphatic carbocycles. The Labute approximate surface area is 103 Å². The average molecular weight is 237 g/mol. The lowest BCUT2D eigenvalue weighted by molar-refractivity contribution is 0.166. The van der Waals surface area contributed by atoms with Gasteiger partial charge in [0.2, 0.25) is 0 Å². The van der Waals surface area contributed by atoms with Gasteiger partial charge in [-0.3, -0.25) is 4.68 Å². The van der Waals surface area contributed by atoms with Crippen LogP contribution in [0.3, 0.4) is 0 Å². The van der Waals surface area contributed by atoms with Gasteiger partial charge in [-0.25, -0.2) is 0 Å². The van der Waals surface area contributed by atoms with Crippen molar-refractivity contribution in [2.45, 2.75) is 57.1 Å². The lowest BCUT2D eigenvalue weighted by Crippen LogP contribution is -2.17. The summed E-state index contributed by atoms with van der Waals surface area (Å²) in [6.45, 7) is 0.532. The fraction of sp³-hybridized carbons (Fsp3) is 0.769. The summed E-state index contributed by atoms with van der Waals surface area (Å²) in [6.07, 6.45) is 9.45. The normalized spacial score (nSPS) is 19.4. The van der Waals surface area contributed by atoms with E-state index in [0.717, 1.165) is 5.69 Å². The Balaban J connectivity index is 1.90. The van der Waals surface area contributed by atoms with Crippen molar-refractivity contribution in [3.8, 4) is 0 Å². The maximum atomic E-state index is 9.69. The van der Waals surface area contributed by atoms with E-state index >= 15 is 0 Å². The zero-order chi connectivity index (χ0) is 12.1. The van der Waals surface area contributed by atoms with Gasteiger partial charge in [0.1, 0.15) is 0 Å². The van der Waals surface area contributed by atoms with E-state index in [4.69, 9.17) is 5.73 Å². The summed E-state index contributed by atoms with van der Waals surface area (Å²) in [5, 5.41) is 14.3. The fourth-order valence-electron chi connectivity index (χ4n) is 2.57. The summed E-state index contributed by atoms with van der Waals surface area (Å²) in [5.74, 6) is 0. The van der Waals surface area contributed by atoms with Crippen LogP contribution in [0.1, 0.15) is 50.3 Å². The first kappa shape index (κ1) is 12.6. The number of nitrogens with zero attached hydrogens (tertiary/aromatic N) is 2. The minimum atomic E-state index is -0.352. The SMILES string of the molecule is NCCC(O)Cc1ccn(C2CCCCC2)n1. The predicted octanol–water partition coefficient (Wildman–Crippen LogP) is 1.64. The smallest absolute Gasteiger partial charge is 0.0650 e. The van der Waals surface area contributed by atoms with E-state index < -0.39 is 0 Å². The summed E-state index contributed by atoms with van der Waals surface area (Å²) < 4.78 is 2.09. The Bertz CT molecular complexity index is 331. The van der Waals surface area contributed by atoms with Gasteiger partial charge in [-0.05, 0) is 31.9 Å². The third-order valence-electron chi connectivity index (χ3n) is 3.56. The van der Waals surface area contributed by atoms with E-state index in [9.17, 15) is 5.11 Å². The summed E-state index contributed by atoms with van der Waals surface area (Å²) >= 11 is 0. The molecule has 1 saturated carbocycles. The van der Waals surface area contributed by atoms with Gasteiger partial charge in [-0.2, -0.15) is 5.10 Å². The standard InChI is InChI=1S/C13H23N3O/c14-8-6-13(17)10-11-7-9-16(15-11)12-4-2-1-3-5-12/h7,9,12-13,17H,1-6,8,10,14H2. The number of rotatable bonds is 5. The molecule has 4 heteroatoms. The van der Waals surface area contributed by atoms with E-state index in [1.165, 1.54) is 32.1 Å². The van der Waals surface area contributed by atoms with Crippen LogP contribution in [0.15, 0.2) is 12.3 Å². The Kier molecular flexibility index (Phi) is 4.57. The molecule has 0 bridgehead atoms. The Morgan fingerprint density at radius 1 is 1.41 bits per heavy atom. The zero-order valence-electron chi connectivity index (χ0n) is 10.4. The molecule has 0 amide bonds. The summed E-state index contributed by atoms with van der Waals surface area (Å²) in [5.41, 5.74) is 6.40. The van der Waals surface area contributed by atoms with E-state index in [-0.39, 0.29) is 6.10 Å². The molecule has 0 radical (unpaired) electrons. The van der Waals surface area contributed by atoms with Crippen LogP contribution < -0.4 is 5.73 Å². The van der Waals surface area contributed by atoms with Gasteiger partial charge >= 0.3 is 0 Å². The van der Waals surface area contributed by atoms with Crippen molar-refractivity contribution in [1.82, 2.24) is 9.78 Å². The predicted molar refractivity (Wildman–Crippen MR) is 67.7 cm³/mol. The molecule has 0 saturated heterocycles. The van der Waals surface area contributed by atoms with Crippen LogP contribution >= 0.6 is 0 Å². The first-order chi connectivity index (χ1) is 8.29. The van der Waals surface area contributed by atoms with Crippen molar-refractivity contribution in [2.24, 2.45) is 5.73 Å². The topological polar surface area (TPSA) is 64.1 Å². The quantitative estimate of drug-likeness (QED) is 0.818. The number of hydrogen-bond donors (Lipinski definition) is 2. The maximum Gasteiger partial charge on any atom is 0.0650 e. The van der Waals surface area contributed by atoms with Crippen molar-refractivity contribution in [3.05, 3.63) is 18.0 Å². The van der Waals surface area contributed by atoms with Gasteiger partial charge in [0.25, 0.3) is 0 Å². The number of hydrogen-bond acceptors (Lipinski definition) is 3. The highest BCUT2D eigenvalue weighted by atomic mass is 16.3. The van der Waals surface area contributed by atoms with Crippen molar-refractivity contribution >= 4 is 0 Å². The molecule has 1 aromatic heterocycles. The van der Waals surface area contributed by atoms with Crippen molar-refractivity contribution < 1.29 is 5.11 Å². The minimum absolute atomic E-state index is 0.352. The van der Waals surface area contributed by atoms with Crippen LogP contribution in [-0.2, 0) is 6.42 Å². The molecular formula is C13H23N3O. The molecule has 0 aliphatic heterocycles. The molecule has 3 N–H and O–H groups in total. The van der Waals surface area contributed by atoms with Crippen LogP contribution in [-0.4, -0.2) is 27.5 Å². The van der Waals surface area contributed by atoms with Crippen molar-refractivity contribution in [1.29, 1.82) is 0 Å². The van der Waals surface area contributed by atoms with Gasteiger partial charge < -0.3 is 10.8 Å². The number of aromatic nitrogens is 2. The fourth-order valence-corrected chi connectivity index (χ4v) is 2.57. The molecule has 1 fully saturated rings. The van der Waals surface area contributed by atoms with Crippen LogP contribution in [0.2, 0.25) is 0 Å². The molecule has 4 nitrogen and oxygen atoms in total. The third kappa shape index (κ3) is 3.54. The molecular weight excluding hydrogens is 214 g/mol. The van der Waals surface area contributed by atoms with Crippen LogP contribution in [0.4, 0.5) is 0 Å². The van der Waals surface area contributed by atoms with Gasteiger partial charge in [-0.15, -0.1) is 0 Å². The van der Waals surface area contributed by atoms with E-state index in [1.54, 1.807) is 0 Å². The summed E-state index contributed by atoms with van der Waals surface area (Å²) in [7, 11) is 0. The van der Waals surface area contributed by atoms with Crippen LogP contribution in [0, 0.1) is 0 Å². The number of nitrogens with two attached hydrogens (primary N) is 1. The highest BCUT2D eigenvalue weighted by molar-refractivity contribution is 5.01. The number of aliphatic hydroxyl groups excluding tert-OH is 1. The van der Waals surface area contributed by atoms with E-state index in [1.807, 2.05) is 6.07 Å². The Hall–Kier alpha value is -0.870. The van der Waals surface area contributed by atoms with Gasteiger partial charge in [0, 0.05) is 12.6 Å². The number of aliphatic hydroxyl groups is 1. The van der Waals surface area contributed by atoms with Crippen molar-refractivity contribution in [3.63, 3.8) is 0 Å². The summed E-state index contributed by atoms with van der Waals surface area (Å²) in [4.78, 5) is 0. The van der Waals surface area contributed by atoms with Gasteiger partial charge in [-0.1, -0.05) is 19.3 Å². The second-order valence-electron chi connectivity index (χ2n) is 5.01. The largest absolute Gasteiger partial charge is 0.393 e. The maximum absolute atomic E-state index is 9.69. The Morgan fingerprint density at radius 3 is 2.88 bits per heavy atom. The van der Waals surface area contributed by atoms with Crippen molar-refractivity contribution in [2.75, 3.05) is 6.54 Å². The lowest BCUT2D eigenvalue weighted by atomic mass is 9.96. The molecule has 0 spiro atoms. The first-order valence-corrected chi connectivity index (χ1v) is 6.72. The molecule has 96 valence electrons. The average Bonchev–Trinajstić information content (AvgIpc) is 2.79. The first-order valence-electron chi connectivity index (χ1n) is 6.72. The zero-order valence-corrected chi connectivity index (χ0v) is 10.4. The monoisotopic (exact) mass is 237 g/mol. The molecule has 1 atom stereocenters. The van der Waals surface area contributed by atoms with Gasteiger partial charge in [0.05, 0.1) is 17.8 Å². The highest BCUT2D eigenvalue weighted by Crippen LogP contribution is 2.27. The molecule has 1 aliphatic rings. The third-order valence-corrected chi connectivity index (χ3v) is 3.56. The molecule has 1 aromatic rings. The molecule has 17 heavy (non-hydrogen) atoms. The van der Waals surface area contributed by atoms with Crippen LogP contribution in [0.5, 0.6) is 0 Å². The minimum Gasteiger partial charge on any atom is -0.393 e. The molecule has 0 aromatic carbocycles. The summed E-state index contributed by atoms with van der Waals surface area (Å²) in [6, 6.07) is 2.60.